The number of nitrogens with zero attached hydrogens (tertiary/aromatic N) is 1. The Kier molecular flexibility index (Phi) is 3.34. The van der Waals surface area contributed by atoms with Gasteiger partial charge in [-0.2, -0.15) is 0 Å². The molecule has 0 unspecified atom stereocenters. The van der Waals surface area contributed by atoms with E-state index >= 15 is 0 Å². The van der Waals surface area contributed by atoms with Gasteiger partial charge in [-0.1, -0.05) is 37.0 Å². The molecule has 5 heteroatoms. The Bertz CT molecular complexity index is 377. The number of aromatic carboxylic acids is 1. The van der Waals surface area contributed by atoms with Gasteiger partial charge < -0.3 is 5.11 Å². The second-order valence-corrected chi connectivity index (χ2v) is 3.92. The summed E-state index contributed by atoms with van der Waals surface area (Å²) in [4.78, 5) is 14.8. The third-order valence-electron chi connectivity index (χ3n) is 1.74. The van der Waals surface area contributed by atoms with Gasteiger partial charge in [0, 0.05) is 0 Å². The van der Waals surface area contributed by atoms with Gasteiger partial charge in [-0.3, -0.25) is 0 Å². The molecule has 1 N–H and O–H groups in total. The first-order valence-corrected chi connectivity index (χ1v) is 4.78. The van der Waals surface area contributed by atoms with Gasteiger partial charge >= 0.3 is 5.97 Å². The number of hydrogen-bond acceptors (Lipinski definition) is 2. The maximum Gasteiger partial charge on any atom is 0.337 e. The molecule has 0 fully saturated rings. The van der Waals surface area contributed by atoms with Crippen molar-refractivity contribution in [2.45, 2.75) is 19.8 Å². The van der Waals surface area contributed by atoms with Crippen LogP contribution in [0.15, 0.2) is 6.07 Å². The fraction of sp³-hybridized carbons (Fsp3) is 0.333. The summed E-state index contributed by atoms with van der Waals surface area (Å²) in [7, 11) is 0. The van der Waals surface area contributed by atoms with Crippen LogP contribution in [-0.2, 0) is 0 Å². The van der Waals surface area contributed by atoms with Crippen LogP contribution in [-0.4, -0.2) is 16.1 Å². The summed E-state index contributed by atoms with van der Waals surface area (Å²) in [5.74, 6) is -1.05. The van der Waals surface area contributed by atoms with Gasteiger partial charge in [-0.15, -0.1) is 0 Å². The Morgan fingerprint density at radius 1 is 1.50 bits per heavy atom. The zero-order valence-corrected chi connectivity index (χ0v) is 9.23. The Hall–Kier alpha value is -0.800. The molecule has 1 rings (SSSR count). The summed E-state index contributed by atoms with van der Waals surface area (Å²) in [5, 5.41) is 9.19. The maximum absolute atomic E-state index is 10.8. The lowest BCUT2D eigenvalue weighted by Gasteiger charge is -2.09. The van der Waals surface area contributed by atoms with Gasteiger partial charge in [0.05, 0.1) is 16.3 Å². The molecule has 76 valence electrons. The van der Waals surface area contributed by atoms with Gasteiger partial charge in [-0.25, -0.2) is 9.78 Å². The minimum Gasteiger partial charge on any atom is -0.478 e. The molecule has 0 amide bonds. The topological polar surface area (TPSA) is 50.2 Å². The number of rotatable bonds is 2. The molecule has 0 aliphatic heterocycles. The Labute approximate surface area is 91.7 Å². The van der Waals surface area contributed by atoms with Gasteiger partial charge in [-0.05, 0) is 12.0 Å². The van der Waals surface area contributed by atoms with Gasteiger partial charge in [0.15, 0.2) is 0 Å². The molecule has 0 radical (unpaired) electrons. The molecule has 0 aliphatic rings. The van der Waals surface area contributed by atoms with Crippen molar-refractivity contribution in [3.8, 4) is 0 Å². The lowest BCUT2D eigenvalue weighted by molar-refractivity contribution is 0.0694. The van der Waals surface area contributed by atoms with Crippen molar-refractivity contribution >= 4 is 29.2 Å². The van der Waals surface area contributed by atoms with Crippen LogP contribution in [0.25, 0.3) is 0 Å². The summed E-state index contributed by atoms with van der Waals surface area (Å²) in [5.41, 5.74) is 0.557. The van der Waals surface area contributed by atoms with Gasteiger partial charge in [0.2, 0.25) is 0 Å². The molecule has 1 aromatic rings. The van der Waals surface area contributed by atoms with E-state index in [0.29, 0.717) is 5.69 Å². The van der Waals surface area contributed by atoms with Crippen LogP contribution in [0.5, 0.6) is 0 Å². The highest BCUT2D eigenvalue weighted by atomic mass is 35.5. The molecule has 3 nitrogen and oxygen atoms in total. The third kappa shape index (κ3) is 2.16. The van der Waals surface area contributed by atoms with Crippen LogP contribution in [0.1, 0.15) is 35.8 Å². The number of halogens is 2. The first-order chi connectivity index (χ1) is 6.43. The third-order valence-corrected chi connectivity index (χ3v) is 2.41. The molecule has 1 heterocycles. The zero-order chi connectivity index (χ0) is 10.9. The average Bonchev–Trinajstić information content (AvgIpc) is 2.08. The number of pyridine rings is 1. The van der Waals surface area contributed by atoms with Crippen molar-refractivity contribution in [1.29, 1.82) is 0 Å². The van der Waals surface area contributed by atoms with Crippen LogP contribution in [0.4, 0.5) is 0 Å². The molecule has 0 aliphatic carbocycles. The van der Waals surface area contributed by atoms with Crippen molar-refractivity contribution in [3.05, 3.63) is 27.5 Å². The molecule has 0 aromatic carbocycles. The van der Waals surface area contributed by atoms with E-state index in [-0.39, 0.29) is 21.7 Å². The molecule has 0 bridgehead atoms. The zero-order valence-electron chi connectivity index (χ0n) is 7.71. The fourth-order valence-electron chi connectivity index (χ4n) is 1.09. The van der Waals surface area contributed by atoms with E-state index in [4.69, 9.17) is 28.3 Å². The van der Waals surface area contributed by atoms with E-state index in [9.17, 15) is 4.79 Å². The standard InChI is InChI=1S/C9H9Cl2NO2/c1-4(2)7-5(9(13)14)3-6(10)8(11)12-7/h3-4H,1-2H3,(H,13,14). The number of aromatic nitrogens is 1. The van der Waals surface area contributed by atoms with Crippen LogP contribution >= 0.6 is 23.2 Å². The SMILES string of the molecule is CC(C)c1nc(Cl)c(Cl)cc1C(=O)O. The van der Waals surface area contributed by atoms with Crippen LogP contribution < -0.4 is 0 Å². The molecule has 0 spiro atoms. The average molecular weight is 234 g/mol. The van der Waals surface area contributed by atoms with E-state index in [2.05, 4.69) is 4.98 Å². The van der Waals surface area contributed by atoms with Crippen molar-refractivity contribution in [3.63, 3.8) is 0 Å². The summed E-state index contributed by atoms with van der Waals surface area (Å²) in [6, 6.07) is 1.33. The minimum absolute atomic E-state index is 0.00383. The summed E-state index contributed by atoms with van der Waals surface area (Å²) in [6.07, 6.45) is 0. The number of carboxylic acids is 1. The van der Waals surface area contributed by atoms with Gasteiger partial charge in [0.25, 0.3) is 0 Å². The van der Waals surface area contributed by atoms with Crippen LogP contribution in [0, 0.1) is 0 Å². The maximum atomic E-state index is 10.8. The predicted octanol–water partition coefficient (Wildman–Crippen LogP) is 3.21. The highest BCUT2D eigenvalue weighted by Gasteiger charge is 2.17. The lowest BCUT2D eigenvalue weighted by atomic mass is 10.0. The summed E-state index contributed by atoms with van der Waals surface area (Å²) >= 11 is 11.4. The summed E-state index contributed by atoms with van der Waals surface area (Å²) in [6.45, 7) is 3.69. The second-order valence-electron chi connectivity index (χ2n) is 3.15. The van der Waals surface area contributed by atoms with Crippen molar-refractivity contribution in [2.75, 3.05) is 0 Å². The van der Waals surface area contributed by atoms with E-state index in [1.165, 1.54) is 6.07 Å². The second kappa shape index (κ2) is 4.15. The van der Waals surface area contributed by atoms with E-state index < -0.39 is 5.97 Å². The molecular weight excluding hydrogens is 225 g/mol. The van der Waals surface area contributed by atoms with Crippen molar-refractivity contribution in [2.24, 2.45) is 0 Å². The van der Waals surface area contributed by atoms with Crippen LogP contribution in [0.2, 0.25) is 10.2 Å². The quantitative estimate of drug-likeness (QED) is 0.799. The van der Waals surface area contributed by atoms with Gasteiger partial charge in [0.1, 0.15) is 5.15 Å². The minimum atomic E-state index is -1.04. The van der Waals surface area contributed by atoms with E-state index in [1.807, 2.05) is 13.8 Å². The highest BCUT2D eigenvalue weighted by Crippen LogP contribution is 2.26. The molecule has 0 atom stereocenters. The van der Waals surface area contributed by atoms with E-state index in [1.54, 1.807) is 0 Å². The smallest absolute Gasteiger partial charge is 0.337 e. The van der Waals surface area contributed by atoms with E-state index in [0.717, 1.165) is 0 Å². The monoisotopic (exact) mass is 233 g/mol. The number of carboxylic acid groups (broad SMARTS) is 1. The Balaban J connectivity index is 3.39. The Morgan fingerprint density at radius 3 is 2.50 bits per heavy atom. The summed E-state index contributed by atoms with van der Waals surface area (Å²) < 4.78 is 0. The molecule has 1 aromatic heterocycles. The van der Waals surface area contributed by atoms with Crippen molar-refractivity contribution < 1.29 is 9.90 Å². The predicted molar refractivity (Wildman–Crippen MR) is 55.3 cm³/mol. The molecule has 14 heavy (non-hydrogen) atoms. The number of carbonyl (C=O) groups is 1. The normalized spacial score (nSPS) is 10.6. The lowest BCUT2D eigenvalue weighted by Crippen LogP contribution is -2.06. The number of hydrogen-bond donors (Lipinski definition) is 1. The molecule has 0 saturated heterocycles. The highest BCUT2D eigenvalue weighted by molar-refractivity contribution is 6.41. The Morgan fingerprint density at radius 2 is 2.07 bits per heavy atom. The van der Waals surface area contributed by atoms with Crippen LogP contribution in [0.3, 0.4) is 0 Å². The molecule has 0 saturated carbocycles. The largest absolute Gasteiger partial charge is 0.478 e. The first-order valence-electron chi connectivity index (χ1n) is 4.02. The first kappa shape index (κ1) is 11.3. The fourth-order valence-corrected chi connectivity index (χ4v) is 1.39. The van der Waals surface area contributed by atoms with Crippen molar-refractivity contribution in [1.82, 2.24) is 4.98 Å². The molecular formula is C9H9Cl2NO2.